The third kappa shape index (κ3) is 1.69. The first kappa shape index (κ1) is 10.5. The highest BCUT2D eigenvalue weighted by Crippen LogP contribution is 2.35. The number of hydrogen-bond donors (Lipinski definition) is 3. The van der Waals surface area contributed by atoms with Crippen molar-refractivity contribution in [2.75, 3.05) is 13.1 Å². The second-order valence-electron chi connectivity index (χ2n) is 4.24. The van der Waals surface area contributed by atoms with Gasteiger partial charge in [-0.05, 0) is 33.2 Å². The van der Waals surface area contributed by atoms with Crippen LogP contribution in [0.15, 0.2) is 0 Å². The summed E-state index contributed by atoms with van der Waals surface area (Å²) in [4.78, 5) is 10.9. The molecule has 0 aromatic carbocycles. The van der Waals surface area contributed by atoms with Gasteiger partial charge in [0, 0.05) is 6.54 Å². The summed E-state index contributed by atoms with van der Waals surface area (Å²) in [6.45, 7) is 4.37. The highest BCUT2D eigenvalue weighted by atomic mass is 16.4. The second kappa shape index (κ2) is 3.27. The Morgan fingerprint density at radius 3 is 2.54 bits per heavy atom. The van der Waals surface area contributed by atoms with Gasteiger partial charge in [0.1, 0.15) is 0 Å². The summed E-state index contributed by atoms with van der Waals surface area (Å²) < 4.78 is 0. The molecule has 1 heterocycles. The van der Waals surface area contributed by atoms with Gasteiger partial charge in [-0.1, -0.05) is 0 Å². The van der Waals surface area contributed by atoms with E-state index in [1.807, 2.05) is 0 Å². The standard InChI is InChI=1S/C9H17NO3/c1-8(2,7(11)12)9(13)4-3-5-10-6-9/h10,13H,3-6H2,1-2H3,(H,11,12). The lowest BCUT2D eigenvalue weighted by Gasteiger charge is -2.42. The minimum atomic E-state index is -1.11. The van der Waals surface area contributed by atoms with E-state index in [0.717, 1.165) is 13.0 Å². The molecule has 1 aliphatic rings. The van der Waals surface area contributed by atoms with Gasteiger partial charge in [-0.25, -0.2) is 0 Å². The Bertz CT molecular complexity index is 207. The number of β-amino-alcohol motifs (C(OH)–C–C–N with tert-alkyl or cyclic N) is 1. The van der Waals surface area contributed by atoms with E-state index in [1.54, 1.807) is 13.8 Å². The van der Waals surface area contributed by atoms with Crippen LogP contribution in [-0.2, 0) is 4.79 Å². The Labute approximate surface area is 78.0 Å². The minimum Gasteiger partial charge on any atom is -0.481 e. The molecule has 76 valence electrons. The Morgan fingerprint density at radius 1 is 1.54 bits per heavy atom. The molecule has 1 rings (SSSR count). The van der Waals surface area contributed by atoms with Crippen molar-refractivity contribution in [1.29, 1.82) is 0 Å². The largest absolute Gasteiger partial charge is 0.481 e. The number of nitrogens with one attached hydrogen (secondary N) is 1. The smallest absolute Gasteiger partial charge is 0.312 e. The van der Waals surface area contributed by atoms with Crippen LogP contribution in [0.1, 0.15) is 26.7 Å². The van der Waals surface area contributed by atoms with Gasteiger partial charge in [-0.3, -0.25) is 4.79 Å². The molecule has 3 N–H and O–H groups in total. The monoisotopic (exact) mass is 187 g/mol. The fourth-order valence-electron chi connectivity index (χ4n) is 1.62. The number of carbonyl (C=O) groups is 1. The first-order valence-corrected chi connectivity index (χ1v) is 4.57. The molecule has 0 radical (unpaired) electrons. The van der Waals surface area contributed by atoms with Crippen molar-refractivity contribution in [3.05, 3.63) is 0 Å². The molecule has 1 aliphatic heterocycles. The zero-order valence-electron chi connectivity index (χ0n) is 8.13. The number of rotatable bonds is 2. The summed E-state index contributed by atoms with van der Waals surface area (Å²) in [5, 5.41) is 22.1. The molecular weight excluding hydrogens is 170 g/mol. The van der Waals surface area contributed by atoms with Crippen LogP contribution < -0.4 is 5.32 Å². The molecular formula is C9H17NO3. The van der Waals surface area contributed by atoms with E-state index in [4.69, 9.17) is 5.11 Å². The van der Waals surface area contributed by atoms with Crippen LogP contribution >= 0.6 is 0 Å². The number of piperidine rings is 1. The molecule has 4 heteroatoms. The van der Waals surface area contributed by atoms with Crippen LogP contribution in [0.4, 0.5) is 0 Å². The fraction of sp³-hybridized carbons (Fsp3) is 0.889. The van der Waals surface area contributed by atoms with Crippen LogP contribution in [0.3, 0.4) is 0 Å². The Morgan fingerprint density at radius 2 is 2.15 bits per heavy atom. The van der Waals surface area contributed by atoms with Crippen molar-refractivity contribution in [1.82, 2.24) is 5.32 Å². The number of aliphatic hydroxyl groups is 1. The van der Waals surface area contributed by atoms with Crippen LogP contribution in [0.2, 0.25) is 0 Å². The van der Waals surface area contributed by atoms with Gasteiger partial charge >= 0.3 is 5.97 Å². The maximum absolute atomic E-state index is 10.9. The third-order valence-electron chi connectivity index (χ3n) is 3.06. The quantitative estimate of drug-likeness (QED) is 0.578. The number of carboxylic acids is 1. The van der Waals surface area contributed by atoms with Crippen molar-refractivity contribution < 1.29 is 15.0 Å². The number of carboxylic acid groups (broad SMARTS) is 1. The molecule has 0 aromatic heterocycles. The highest BCUT2D eigenvalue weighted by molar-refractivity contribution is 5.75. The lowest BCUT2D eigenvalue weighted by Crippen LogP contribution is -2.58. The summed E-state index contributed by atoms with van der Waals surface area (Å²) in [6.07, 6.45) is 1.38. The van der Waals surface area contributed by atoms with E-state index in [1.165, 1.54) is 0 Å². The summed E-state index contributed by atoms with van der Waals surface area (Å²) in [5.74, 6) is -0.946. The molecule has 1 saturated heterocycles. The van der Waals surface area contributed by atoms with Crippen molar-refractivity contribution in [2.45, 2.75) is 32.3 Å². The van der Waals surface area contributed by atoms with E-state index in [2.05, 4.69) is 5.32 Å². The molecule has 1 unspecified atom stereocenters. The first-order chi connectivity index (χ1) is 5.90. The van der Waals surface area contributed by atoms with Crippen LogP contribution in [0, 0.1) is 5.41 Å². The summed E-state index contributed by atoms with van der Waals surface area (Å²) >= 11 is 0. The second-order valence-corrected chi connectivity index (χ2v) is 4.24. The molecule has 0 bridgehead atoms. The first-order valence-electron chi connectivity index (χ1n) is 4.57. The Hall–Kier alpha value is -0.610. The lowest BCUT2D eigenvalue weighted by atomic mass is 9.71. The van der Waals surface area contributed by atoms with E-state index in [9.17, 15) is 9.90 Å². The molecule has 0 amide bonds. The molecule has 0 aliphatic carbocycles. The summed E-state index contributed by atoms with van der Waals surface area (Å²) in [6, 6.07) is 0. The Balaban J connectivity index is 2.82. The van der Waals surface area contributed by atoms with Gasteiger partial charge in [0.15, 0.2) is 0 Å². The van der Waals surface area contributed by atoms with Gasteiger partial charge in [-0.2, -0.15) is 0 Å². The van der Waals surface area contributed by atoms with Gasteiger partial charge in [0.2, 0.25) is 0 Å². The van der Waals surface area contributed by atoms with Gasteiger partial charge in [0.05, 0.1) is 11.0 Å². The Kier molecular flexibility index (Phi) is 2.63. The van der Waals surface area contributed by atoms with E-state index in [0.29, 0.717) is 13.0 Å². The highest BCUT2D eigenvalue weighted by Gasteiger charge is 2.49. The topological polar surface area (TPSA) is 69.6 Å². The zero-order valence-corrected chi connectivity index (χ0v) is 8.13. The van der Waals surface area contributed by atoms with Crippen molar-refractivity contribution in [2.24, 2.45) is 5.41 Å². The molecule has 4 nitrogen and oxygen atoms in total. The van der Waals surface area contributed by atoms with E-state index < -0.39 is 17.0 Å². The van der Waals surface area contributed by atoms with E-state index >= 15 is 0 Å². The molecule has 1 fully saturated rings. The van der Waals surface area contributed by atoms with Crippen LogP contribution in [0.25, 0.3) is 0 Å². The zero-order chi connectivity index (χ0) is 10.1. The van der Waals surface area contributed by atoms with Gasteiger partial charge in [0.25, 0.3) is 0 Å². The fourth-order valence-corrected chi connectivity index (χ4v) is 1.62. The van der Waals surface area contributed by atoms with Gasteiger partial charge in [-0.15, -0.1) is 0 Å². The van der Waals surface area contributed by atoms with Crippen molar-refractivity contribution in [3.8, 4) is 0 Å². The summed E-state index contributed by atoms with van der Waals surface area (Å²) in [5.41, 5.74) is -2.20. The number of hydrogen-bond acceptors (Lipinski definition) is 3. The summed E-state index contributed by atoms with van der Waals surface area (Å²) in [7, 11) is 0. The third-order valence-corrected chi connectivity index (χ3v) is 3.06. The van der Waals surface area contributed by atoms with E-state index in [-0.39, 0.29) is 0 Å². The lowest BCUT2D eigenvalue weighted by molar-refractivity contribution is -0.166. The predicted molar refractivity (Wildman–Crippen MR) is 48.5 cm³/mol. The molecule has 0 aromatic rings. The SMILES string of the molecule is CC(C)(C(=O)O)C1(O)CCCNC1. The average molecular weight is 187 g/mol. The molecule has 13 heavy (non-hydrogen) atoms. The minimum absolute atomic E-state index is 0.367. The van der Waals surface area contributed by atoms with Gasteiger partial charge < -0.3 is 15.5 Å². The maximum Gasteiger partial charge on any atom is 0.312 e. The molecule has 0 saturated carbocycles. The van der Waals surface area contributed by atoms with Crippen molar-refractivity contribution in [3.63, 3.8) is 0 Å². The normalized spacial score (nSPS) is 30.1. The maximum atomic E-state index is 10.9. The van der Waals surface area contributed by atoms with Crippen LogP contribution in [0.5, 0.6) is 0 Å². The molecule has 0 spiro atoms. The molecule has 1 atom stereocenters. The van der Waals surface area contributed by atoms with Crippen molar-refractivity contribution >= 4 is 5.97 Å². The number of aliphatic carboxylic acids is 1. The average Bonchev–Trinajstić information content (AvgIpc) is 2.05. The predicted octanol–water partition coefficient (Wildman–Crippen LogP) is 0.212. The van der Waals surface area contributed by atoms with Crippen LogP contribution in [-0.4, -0.2) is 34.9 Å².